The molecule has 0 unspecified atom stereocenters. The summed E-state index contributed by atoms with van der Waals surface area (Å²) in [4.78, 5) is 13.3. The van der Waals surface area contributed by atoms with E-state index in [2.05, 4.69) is 5.32 Å². The van der Waals surface area contributed by atoms with Crippen LogP contribution in [0.25, 0.3) is 0 Å². The van der Waals surface area contributed by atoms with Crippen LogP contribution in [0.2, 0.25) is 0 Å². The number of benzene rings is 1. The maximum absolute atomic E-state index is 14.3. The van der Waals surface area contributed by atoms with Crippen LogP contribution >= 0.6 is 0 Å². The van der Waals surface area contributed by atoms with Gasteiger partial charge in [0.1, 0.15) is 11.6 Å². The number of ether oxygens (including phenoxy) is 1. The number of alkyl halides is 5. The van der Waals surface area contributed by atoms with E-state index in [4.69, 9.17) is 4.74 Å². The Bertz CT molecular complexity index is 913. The molecule has 2 aliphatic carbocycles. The molecule has 0 bridgehead atoms. The monoisotopic (exact) mass is 508 g/mol. The van der Waals surface area contributed by atoms with Crippen LogP contribution in [0.5, 0.6) is 5.75 Å². The van der Waals surface area contributed by atoms with E-state index in [9.17, 15) is 36.2 Å². The number of amides is 1. The number of likely N-dealkylation sites (tertiary alicyclic amines) is 1. The van der Waals surface area contributed by atoms with E-state index >= 15 is 0 Å². The topological polar surface area (TPSA) is 61.8 Å². The van der Waals surface area contributed by atoms with Gasteiger partial charge in [-0.2, -0.15) is 22.0 Å². The van der Waals surface area contributed by atoms with Crippen LogP contribution in [-0.4, -0.2) is 66.4 Å². The molecule has 1 aliphatic heterocycles. The van der Waals surface area contributed by atoms with Gasteiger partial charge in [-0.05, 0) is 81.5 Å². The second-order valence-corrected chi connectivity index (χ2v) is 10.2. The van der Waals surface area contributed by atoms with E-state index in [-0.39, 0.29) is 25.2 Å². The number of piperidine rings is 1. The minimum atomic E-state index is -5.53. The third-order valence-corrected chi connectivity index (χ3v) is 7.40. The minimum absolute atomic E-state index is 0.0884. The van der Waals surface area contributed by atoms with Gasteiger partial charge < -0.3 is 15.2 Å². The molecule has 3 fully saturated rings. The molecule has 4 rings (SSSR count). The van der Waals surface area contributed by atoms with E-state index in [1.165, 1.54) is 17.0 Å². The Balaban J connectivity index is 1.15. The van der Waals surface area contributed by atoms with Crippen molar-refractivity contribution in [3.8, 4) is 5.75 Å². The molecule has 1 saturated heterocycles. The summed E-state index contributed by atoms with van der Waals surface area (Å²) in [5, 5.41) is 12.3. The fourth-order valence-electron chi connectivity index (χ4n) is 4.85. The van der Waals surface area contributed by atoms with Crippen molar-refractivity contribution in [2.75, 3.05) is 32.8 Å². The fraction of sp³-hybridized carbons (Fsp3) is 0.708. The van der Waals surface area contributed by atoms with Gasteiger partial charge in [-0.1, -0.05) is 0 Å². The molecular weight excluding hydrogens is 478 g/mol. The number of hydrogen-bond donors (Lipinski definition) is 2. The molecule has 1 amide bonds. The van der Waals surface area contributed by atoms with E-state index in [0.29, 0.717) is 55.8 Å². The molecule has 3 aliphatic rings. The van der Waals surface area contributed by atoms with Gasteiger partial charge in [0.05, 0.1) is 24.3 Å². The lowest BCUT2D eigenvalue weighted by Crippen LogP contribution is -2.49. The van der Waals surface area contributed by atoms with Gasteiger partial charge in [-0.3, -0.25) is 9.69 Å². The zero-order chi connectivity index (χ0) is 25.4. The summed E-state index contributed by atoms with van der Waals surface area (Å²) >= 11 is 0. The zero-order valence-corrected chi connectivity index (χ0v) is 19.2. The Morgan fingerprint density at radius 2 is 1.86 bits per heavy atom. The Morgan fingerprint density at radius 1 is 1.17 bits per heavy atom. The predicted molar refractivity (Wildman–Crippen MR) is 115 cm³/mol. The number of rotatable bonds is 10. The quantitative estimate of drug-likeness (QED) is 0.460. The molecule has 1 aromatic carbocycles. The molecule has 1 heterocycles. The molecule has 11 heteroatoms. The SMILES string of the molecule is O=C(NCC1(O)CC1)c1ccc(OCC[C@@H]2C[C@@H]2C2CCN(CC(F)(F)C(F)(F)F)CC2)cc1F. The van der Waals surface area contributed by atoms with Gasteiger partial charge in [0, 0.05) is 12.6 Å². The maximum Gasteiger partial charge on any atom is 0.454 e. The zero-order valence-electron chi connectivity index (χ0n) is 19.2. The lowest BCUT2D eigenvalue weighted by atomic mass is 9.90. The number of hydrogen-bond acceptors (Lipinski definition) is 4. The summed E-state index contributed by atoms with van der Waals surface area (Å²) in [6.45, 7) is -0.381. The van der Waals surface area contributed by atoms with Crippen LogP contribution in [0.15, 0.2) is 18.2 Å². The molecule has 0 spiro atoms. The van der Waals surface area contributed by atoms with Crippen molar-refractivity contribution in [2.45, 2.75) is 56.2 Å². The van der Waals surface area contributed by atoms with Crippen molar-refractivity contribution in [3.63, 3.8) is 0 Å². The van der Waals surface area contributed by atoms with Crippen LogP contribution in [0.1, 0.15) is 48.9 Å². The maximum atomic E-state index is 14.3. The standard InChI is InChI=1S/C24H30F6N2O3/c25-20-12-17(1-2-18(20)21(33)31-13-22(34)6-7-22)35-10-5-16-11-19(16)15-3-8-32(9-4-15)14-23(26,27)24(28,29)30/h1-2,12,15-16,19,34H,3-11,13-14H2,(H,31,33)/t16-,19-/m1/s1. The molecule has 1 aromatic rings. The average molecular weight is 509 g/mol. The Morgan fingerprint density at radius 3 is 2.46 bits per heavy atom. The third-order valence-electron chi connectivity index (χ3n) is 7.40. The van der Waals surface area contributed by atoms with Crippen molar-refractivity contribution in [3.05, 3.63) is 29.6 Å². The summed E-state index contributed by atoms with van der Waals surface area (Å²) in [5.74, 6) is -4.59. The number of nitrogens with zero attached hydrogens (tertiary/aromatic N) is 1. The Kier molecular flexibility index (Phi) is 7.30. The van der Waals surface area contributed by atoms with Gasteiger partial charge in [-0.25, -0.2) is 4.39 Å². The van der Waals surface area contributed by atoms with Gasteiger partial charge in [-0.15, -0.1) is 0 Å². The van der Waals surface area contributed by atoms with E-state index in [1.54, 1.807) is 0 Å². The van der Waals surface area contributed by atoms with Crippen molar-refractivity contribution in [1.82, 2.24) is 10.2 Å². The van der Waals surface area contributed by atoms with Gasteiger partial charge >= 0.3 is 12.1 Å². The summed E-state index contributed by atoms with van der Waals surface area (Å²) in [6, 6.07) is 4.01. The molecule has 2 saturated carbocycles. The average Bonchev–Trinajstić information content (AvgIpc) is 3.70. The normalized spacial score (nSPS) is 24.8. The smallest absolute Gasteiger partial charge is 0.454 e. The number of halogens is 6. The largest absolute Gasteiger partial charge is 0.493 e. The van der Waals surface area contributed by atoms with Crippen molar-refractivity contribution in [1.29, 1.82) is 0 Å². The first-order valence-corrected chi connectivity index (χ1v) is 12.0. The van der Waals surface area contributed by atoms with Crippen molar-refractivity contribution >= 4 is 5.91 Å². The molecule has 196 valence electrons. The van der Waals surface area contributed by atoms with Gasteiger partial charge in [0.25, 0.3) is 5.91 Å². The Hall–Kier alpha value is -2.01. The predicted octanol–water partition coefficient (Wildman–Crippen LogP) is 4.40. The third kappa shape index (κ3) is 6.61. The first kappa shape index (κ1) is 26.1. The van der Waals surface area contributed by atoms with E-state index < -0.39 is 36.0 Å². The number of aliphatic hydroxyl groups is 1. The van der Waals surface area contributed by atoms with E-state index in [1.807, 2.05) is 0 Å². The number of nitrogens with one attached hydrogen (secondary N) is 1. The molecule has 0 radical (unpaired) electrons. The first-order chi connectivity index (χ1) is 16.4. The highest BCUT2D eigenvalue weighted by Crippen LogP contribution is 2.50. The summed E-state index contributed by atoms with van der Waals surface area (Å²) in [5.41, 5.74) is -0.988. The van der Waals surface area contributed by atoms with Crippen LogP contribution < -0.4 is 10.1 Å². The summed E-state index contributed by atoms with van der Waals surface area (Å²) < 4.78 is 83.7. The lowest BCUT2D eigenvalue weighted by Gasteiger charge is -2.34. The van der Waals surface area contributed by atoms with Crippen LogP contribution in [0.3, 0.4) is 0 Å². The molecule has 35 heavy (non-hydrogen) atoms. The Labute approximate surface area is 199 Å². The highest BCUT2D eigenvalue weighted by atomic mass is 19.4. The second kappa shape index (κ2) is 9.80. The molecule has 2 atom stereocenters. The lowest BCUT2D eigenvalue weighted by molar-refractivity contribution is -0.287. The van der Waals surface area contributed by atoms with Crippen LogP contribution in [-0.2, 0) is 0 Å². The van der Waals surface area contributed by atoms with Crippen molar-refractivity contribution < 1.29 is 41.0 Å². The van der Waals surface area contributed by atoms with Crippen LogP contribution in [0.4, 0.5) is 26.3 Å². The molecule has 5 nitrogen and oxygen atoms in total. The molecular formula is C24H30F6N2O3. The highest BCUT2D eigenvalue weighted by molar-refractivity contribution is 5.94. The van der Waals surface area contributed by atoms with E-state index in [0.717, 1.165) is 18.9 Å². The molecule has 0 aromatic heterocycles. The van der Waals surface area contributed by atoms with Gasteiger partial charge in [0.2, 0.25) is 0 Å². The fourth-order valence-corrected chi connectivity index (χ4v) is 4.85. The molecule has 2 N–H and O–H groups in total. The summed E-state index contributed by atoms with van der Waals surface area (Å²) in [6.07, 6.45) is -1.40. The van der Waals surface area contributed by atoms with Crippen LogP contribution in [0, 0.1) is 23.6 Å². The first-order valence-electron chi connectivity index (χ1n) is 12.0. The number of carbonyl (C=O) groups is 1. The number of carbonyl (C=O) groups excluding carboxylic acids is 1. The summed E-state index contributed by atoms with van der Waals surface area (Å²) in [7, 11) is 0. The highest BCUT2D eigenvalue weighted by Gasteiger charge is 2.58. The van der Waals surface area contributed by atoms with Crippen molar-refractivity contribution in [2.24, 2.45) is 17.8 Å². The van der Waals surface area contributed by atoms with Gasteiger partial charge in [0.15, 0.2) is 0 Å². The second-order valence-electron chi connectivity index (χ2n) is 10.2. The minimum Gasteiger partial charge on any atom is -0.493 e.